The largest absolute Gasteiger partial charge is 0.508 e. The zero-order chi connectivity index (χ0) is 14.9. The summed E-state index contributed by atoms with van der Waals surface area (Å²) in [5.74, 6) is 0.200. The van der Waals surface area contributed by atoms with Crippen LogP contribution in [0.25, 0.3) is 0 Å². The van der Waals surface area contributed by atoms with Crippen LogP contribution in [0.1, 0.15) is 24.3 Å². The average Bonchev–Trinajstić information content (AvgIpc) is 2.43. The van der Waals surface area contributed by atoms with E-state index in [0.717, 1.165) is 6.42 Å². The van der Waals surface area contributed by atoms with Crippen molar-refractivity contribution in [2.45, 2.75) is 24.8 Å². The molecule has 0 bridgehead atoms. The first-order valence-corrected chi connectivity index (χ1v) is 7.28. The summed E-state index contributed by atoms with van der Waals surface area (Å²) in [7, 11) is 3.47. The van der Waals surface area contributed by atoms with Crippen LogP contribution in [0.4, 0.5) is 0 Å². The van der Waals surface area contributed by atoms with Gasteiger partial charge in [-0.1, -0.05) is 23.2 Å². The van der Waals surface area contributed by atoms with Crippen molar-refractivity contribution >= 4 is 29.1 Å². The number of piperidine rings is 1. The van der Waals surface area contributed by atoms with Gasteiger partial charge in [-0.15, -0.1) is 0 Å². The number of phenolic OH excluding ortho intramolecular Hbond substituents is 1. The number of hydrogen-bond donors (Lipinski definition) is 2. The maximum absolute atomic E-state index is 12.1. The van der Waals surface area contributed by atoms with Crippen molar-refractivity contribution in [1.82, 2.24) is 10.2 Å². The molecule has 1 heterocycles. The monoisotopic (exact) mass is 316 g/mol. The maximum atomic E-state index is 12.1. The van der Waals surface area contributed by atoms with E-state index in [4.69, 9.17) is 23.2 Å². The van der Waals surface area contributed by atoms with E-state index in [2.05, 4.69) is 5.32 Å². The molecule has 2 atom stereocenters. The van der Waals surface area contributed by atoms with E-state index in [9.17, 15) is 9.90 Å². The number of carbonyl (C=O) groups excluding carboxylic acids is 1. The number of rotatable bonds is 2. The number of nitrogens with zero attached hydrogens (tertiary/aromatic N) is 1. The first-order chi connectivity index (χ1) is 9.41. The van der Waals surface area contributed by atoms with E-state index in [-0.39, 0.29) is 23.6 Å². The Balaban J connectivity index is 2.26. The highest BCUT2D eigenvalue weighted by Gasteiger charge is 2.31. The second kappa shape index (κ2) is 6.20. The van der Waals surface area contributed by atoms with Crippen LogP contribution in [0.2, 0.25) is 10.0 Å². The molecule has 0 aliphatic carbocycles. The van der Waals surface area contributed by atoms with Crippen molar-refractivity contribution in [3.63, 3.8) is 0 Å². The fourth-order valence-corrected chi connectivity index (χ4v) is 3.10. The molecule has 4 nitrogen and oxygen atoms in total. The molecule has 2 unspecified atom stereocenters. The SMILES string of the molecule is CN(C)C(=O)C1CC(c2c(O)ccc(Cl)c2Cl)CCN1. The molecule has 6 heteroatoms. The summed E-state index contributed by atoms with van der Waals surface area (Å²) < 4.78 is 0. The molecular formula is C14H18Cl2N2O2. The van der Waals surface area contributed by atoms with Gasteiger partial charge in [-0.05, 0) is 37.4 Å². The van der Waals surface area contributed by atoms with Gasteiger partial charge in [-0.3, -0.25) is 4.79 Å². The Hall–Kier alpha value is -0.970. The van der Waals surface area contributed by atoms with Gasteiger partial charge in [-0.2, -0.15) is 0 Å². The lowest BCUT2D eigenvalue weighted by Gasteiger charge is -2.32. The summed E-state index contributed by atoms with van der Waals surface area (Å²) in [6.45, 7) is 0.706. The van der Waals surface area contributed by atoms with Gasteiger partial charge < -0.3 is 15.3 Å². The molecule has 0 saturated carbocycles. The van der Waals surface area contributed by atoms with Crippen molar-refractivity contribution in [1.29, 1.82) is 0 Å². The number of aromatic hydroxyl groups is 1. The number of benzene rings is 1. The number of nitrogens with one attached hydrogen (secondary N) is 1. The van der Waals surface area contributed by atoms with Gasteiger partial charge in [0.25, 0.3) is 0 Å². The number of hydrogen-bond acceptors (Lipinski definition) is 3. The van der Waals surface area contributed by atoms with Gasteiger partial charge in [0.15, 0.2) is 0 Å². The molecule has 110 valence electrons. The maximum Gasteiger partial charge on any atom is 0.239 e. The van der Waals surface area contributed by atoms with E-state index in [1.165, 1.54) is 0 Å². The Morgan fingerprint density at radius 2 is 2.10 bits per heavy atom. The number of carbonyl (C=O) groups is 1. The van der Waals surface area contributed by atoms with Gasteiger partial charge >= 0.3 is 0 Å². The molecule has 1 amide bonds. The minimum atomic E-state index is -0.252. The zero-order valence-corrected chi connectivity index (χ0v) is 13.0. The standard InChI is InChI=1S/C14H18Cl2N2O2/c1-18(2)14(20)10-7-8(5-6-17-10)12-11(19)4-3-9(15)13(12)16/h3-4,8,10,17,19H,5-7H2,1-2H3. The van der Waals surface area contributed by atoms with Crippen LogP contribution in [0, 0.1) is 0 Å². The lowest BCUT2D eigenvalue weighted by Crippen LogP contribution is -2.47. The fraction of sp³-hybridized carbons (Fsp3) is 0.500. The lowest BCUT2D eigenvalue weighted by molar-refractivity contribution is -0.131. The number of amides is 1. The smallest absolute Gasteiger partial charge is 0.239 e. The van der Waals surface area contributed by atoms with E-state index >= 15 is 0 Å². The third kappa shape index (κ3) is 3.03. The van der Waals surface area contributed by atoms with Crippen LogP contribution in [0.5, 0.6) is 5.75 Å². The summed E-state index contributed by atoms with van der Waals surface area (Å²) in [5, 5.41) is 14.1. The predicted molar refractivity (Wildman–Crippen MR) is 80.6 cm³/mol. The van der Waals surface area contributed by atoms with Crippen LogP contribution in [0.3, 0.4) is 0 Å². The van der Waals surface area contributed by atoms with E-state index in [0.29, 0.717) is 28.6 Å². The van der Waals surface area contributed by atoms with Crippen molar-refractivity contribution in [2.75, 3.05) is 20.6 Å². The Bertz CT molecular complexity index is 520. The van der Waals surface area contributed by atoms with Gasteiger partial charge in [0, 0.05) is 19.7 Å². The Morgan fingerprint density at radius 1 is 1.40 bits per heavy atom. The van der Waals surface area contributed by atoms with Crippen LogP contribution >= 0.6 is 23.2 Å². The van der Waals surface area contributed by atoms with Gasteiger partial charge in [0.05, 0.1) is 16.1 Å². The van der Waals surface area contributed by atoms with Gasteiger partial charge in [-0.25, -0.2) is 0 Å². The first kappa shape index (κ1) is 15.4. The lowest BCUT2D eigenvalue weighted by atomic mass is 9.85. The molecule has 2 rings (SSSR count). The van der Waals surface area contributed by atoms with E-state index in [1.807, 2.05) is 0 Å². The molecule has 1 aliphatic heterocycles. The highest BCUT2D eigenvalue weighted by Crippen LogP contribution is 2.41. The zero-order valence-electron chi connectivity index (χ0n) is 11.5. The van der Waals surface area contributed by atoms with Crippen LogP contribution in [-0.2, 0) is 4.79 Å². The van der Waals surface area contributed by atoms with E-state index in [1.54, 1.807) is 31.1 Å². The normalized spacial score (nSPS) is 22.6. The molecule has 0 spiro atoms. The highest BCUT2D eigenvalue weighted by atomic mass is 35.5. The number of halogens is 2. The summed E-state index contributed by atoms with van der Waals surface area (Å²) in [6, 6.07) is 2.87. The predicted octanol–water partition coefficient (Wildman–Crippen LogP) is 2.62. The highest BCUT2D eigenvalue weighted by molar-refractivity contribution is 6.42. The molecule has 1 aromatic rings. The summed E-state index contributed by atoms with van der Waals surface area (Å²) in [4.78, 5) is 13.6. The molecule has 1 aromatic carbocycles. The second-order valence-corrected chi connectivity index (χ2v) is 6.04. The van der Waals surface area contributed by atoms with Crippen LogP contribution in [0.15, 0.2) is 12.1 Å². The molecule has 20 heavy (non-hydrogen) atoms. The van der Waals surface area contributed by atoms with Gasteiger partial charge in [0.2, 0.25) is 5.91 Å². The minimum Gasteiger partial charge on any atom is -0.508 e. The molecule has 0 radical (unpaired) electrons. The second-order valence-electron chi connectivity index (χ2n) is 5.25. The molecule has 2 N–H and O–H groups in total. The van der Waals surface area contributed by atoms with Crippen LogP contribution in [-0.4, -0.2) is 42.6 Å². The summed E-state index contributed by atoms with van der Waals surface area (Å²) in [6.07, 6.45) is 1.41. The first-order valence-electron chi connectivity index (χ1n) is 6.53. The van der Waals surface area contributed by atoms with Crippen LogP contribution < -0.4 is 5.32 Å². The Morgan fingerprint density at radius 3 is 2.75 bits per heavy atom. The Labute approximate surface area is 128 Å². The molecule has 0 aromatic heterocycles. The quantitative estimate of drug-likeness (QED) is 0.882. The molecule has 1 aliphatic rings. The number of likely N-dealkylation sites (N-methyl/N-ethyl adjacent to an activating group) is 1. The number of phenols is 1. The molecule has 1 fully saturated rings. The van der Waals surface area contributed by atoms with E-state index < -0.39 is 0 Å². The summed E-state index contributed by atoms with van der Waals surface area (Å²) in [5.41, 5.74) is 0.650. The van der Waals surface area contributed by atoms with Crippen molar-refractivity contribution in [2.24, 2.45) is 0 Å². The molecular weight excluding hydrogens is 299 g/mol. The fourth-order valence-electron chi connectivity index (χ4n) is 2.62. The van der Waals surface area contributed by atoms with Crippen molar-refractivity contribution in [3.8, 4) is 5.75 Å². The third-order valence-corrected chi connectivity index (χ3v) is 4.48. The Kier molecular flexibility index (Phi) is 4.78. The molecule has 1 saturated heterocycles. The average molecular weight is 317 g/mol. The van der Waals surface area contributed by atoms with Gasteiger partial charge in [0.1, 0.15) is 5.75 Å². The third-order valence-electron chi connectivity index (χ3n) is 3.66. The van der Waals surface area contributed by atoms with Crippen molar-refractivity contribution < 1.29 is 9.90 Å². The minimum absolute atomic E-state index is 0.0244. The van der Waals surface area contributed by atoms with Crippen molar-refractivity contribution in [3.05, 3.63) is 27.7 Å². The topological polar surface area (TPSA) is 52.6 Å². The summed E-state index contributed by atoms with van der Waals surface area (Å²) >= 11 is 12.2.